The van der Waals surface area contributed by atoms with E-state index in [1.54, 1.807) is 0 Å². The van der Waals surface area contributed by atoms with Crippen molar-refractivity contribution in [2.24, 2.45) is 0 Å². The van der Waals surface area contributed by atoms with Crippen LogP contribution in [0.3, 0.4) is 0 Å². The number of quaternary nitrogens is 1. The van der Waals surface area contributed by atoms with Gasteiger partial charge in [0.2, 0.25) is 5.91 Å². The fraction of sp³-hybridized carbons (Fsp3) is 0.912. The molecule has 1 amide bonds. The molecule has 0 saturated carbocycles. The number of nitrogens with one attached hydrogen (secondary N) is 1. The van der Waals surface area contributed by atoms with Crippen molar-refractivity contribution in [3.05, 3.63) is 24.3 Å². The number of hydrogen-bond acceptors (Lipinski definition) is 7. The summed E-state index contributed by atoms with van der Waals surface area (Å²) in [6.07, 6.45) is 70.3. The normalized spacial score (nSPS) is 13.7. The monoisotopic (exact) mass is 1120 g/mol. The summed E-state index contributed by atoms with van der Waals surface area (Å²) in [5.41, 5.74) is 0. The minimum Gasteiger partial charge on any atom is -0.756 e. The minimum atomic E-state index is -4.70. The van der Waals surface area contributed by atoms with Crippen molar-refractivity contribution in [3.63, 3.8) is 0 Å². The predicted octanol–water partition coefficient (Wildman–Crippen LogP) is 20.7. The standard InChI is InChI=1S/C68H133N2O7P/c1-7-10-13-16-19-22-25-27-29-30-31-32-33-34-35-36-37-38-39-40-41-43-46-49-52-55-58-61-68(72)77-66(59-56-53-50-47-44-24-21-18-15-12-9-3)65(64-76-78(73,74)75-63-62-70(4,5)6)69-67(71)60-57-54-51-48-45-42-28-26-23-20-17-14-11-8-2/h42,45,56,59,65-66H,7-41,43-44,46-55,57-58,60-64H2,1-6H3,(H-,69,71,73,74)/b45-42-,59-56-. The number of allylic oxidation sites excluding steroid dienone is 3. The average Bonchev–Trinajstić information content (AvgIpc) is 3.40. The van der Waals surface area contributed by atoms with Crippen molar-refractivity contribution < 1.29 is 37.3 Å². The zero-order valence-corrected chi connectivity index (χ0v) is 53.8. The molecule has 78 heavy (non-hydrogen) atoms. The van der Waals surface area contributed by atoms with E-state index in [1.807, 2.05) is 33.3 Å². The molecule has 0 aromatic heterocycles. The summed E-state index contributed by atoms with van der Waals surface area (Å²) < 4.78 is 30.3. The minimum absolute atomic E-state index is 0.0215. The molecule has 0 fully saturated rings. The highest BCUT2D eigenvalue weighted by Crippen LogP contribution is 2.38. The van der Waals surface area contributed by atoms with Gasteiger partial charge in [-0.15, -0.1) is 0 Å². The molecular formula is C68H133N2O7P. The van der Waals surface area contributed by atoms with Crippen LogP contribution in [0.4, 0.5) is 0 Å². The quantitative estimate of drug-likeness (QED) is 0.0212. The van der Waals surface area contributed by atoms with Gasteiger partial charge in [-0.2, -0.15) is 0 Å². The van der Waals surface area contributed by atoms with E-state index in [0.29, 0.717) is 17.4 Å². The van der Waals surface area contributed by atoms with E-state index in [-0.39, 0.29) is 31.5 Å². The second-order valence-electron chi connectivity index (χ2n) is 24.7. The summed E-state index contributed by atoms with van der Waals surface area (Å²) in [6.45, 7) is 6.87. The van der Waals surface area contributed by atoms with E-state index in [9.17, 15) is 19.0 Å². The molecule has 0 aromatic rings. The molecule has 0 bridgehead atoms. The maximum absolute atomic E-state index is 13.5. The average molecular weight is 1120 g/mol. The third kappa shape index (κ3) is 59.1. The van der Waals surface area contributed by atoms with Gasteiger partial charge in [-0.1, -0.05) is 302 Å². The third-order valence-corrected chi connectivity index (χ3v) is 16.6. The molecule has 0 heterocycles. The predicted molar refractivity (Wildman–Crippen MR) is 335 cm³/mol. The lowest BCUT2D eigenvalue weighted by Gasteiger charge is -2.30. The molecule has 0 aromatic carbocycles. The van der Waals surface area contributed by atoms with Crippen LogP contribution in [0.25, 0.3) is 0 Å². The van der Waals surface area contributed by atoms with Crippen molar-refractivity contribution in [1.82, 2.24) is 5.32 Å². The molecule has 3 unspecified atom stereocenters. The molecule has 10 heteroatoms. The summed E-state index contributed by atoms with van der Waals surface area (Å²) in [6, 6.07) is -0.890. The summed E-state index contributed by atoms with van der Waals surface area (Å²) >= 11 is 0. The number of unbranched alkanes of at least 4 members (excludes halogenated alkanes) is 45. The van der Waals surface area contributed by atoms with Crippen LogP contribution in [0.1, 0.15) is 348 Å². The van der Waals surface area contributed by atoms with Crippen molar-refractivity contribution in [1.29, 1.82) is 0 Å². The van der Waals surface area contributed by atoms with E-state index in [4.69, 9.17) is 13.8 Å². The van der Waals surface area contributed by atoms with Gasteiger partial charge in [-0.05, 0) is 57.4 Å². The molecule has 0 aliphatic rings. The molecule has 0 radical (unpaired) electrons. The lowest BCUT2D eigenvalue weighted by atomic mass is 10.0. The molecule has 9 nitrogen and oxygen atoms in total. The van der Waals surface area contributed by atoms with Crippen molar-refractivity contribution in [2.75, 3.05) is 40.9 Å². The van der Waals surface area contributed by atoms with E-state index >= 15 is 0 Å². The van der Waals surface area contributed by atoms with Gasteiger partial charge in [0.05, 0.1) is 33.8 Å². The van der Waals surface area contributed by atoms with Gasteiger partial charge in [0.15, 0.2) is 0 Å². The first-order valence-corrected chi connectivity index (χ1v) is 35.6. The number of rotatable bonds is 63. The summed E-state index contributed by atoms with van der Waals surface area (Å²) in [7, 11) is 1.19. The Morgan fingerprint density at radius 3 is 1.10 bits per heavy atom. The number of hydrogen-bond donors (Lipinski definition) is 1. The molecule has 1 N–H and O–H groups in total. The fourth-order valence-electron chi connectivity index (χ4n) is 10.3. The van der Waals surface area contributed by atoms with Crippen LogP contribution in [0.2, 0.25) is 0 Å². The van der Waals surface area contributed by atoms with Crippen LogP contribution in [-0.2, 0) is 27.9 Å². The Labute approximate surface area is 485 Å². The molecule has 3 atom stereocenters. The molecule has 462 valence electrons. The van der Waals surface area contributed by atoms with Crippen LogP contribution in [0.5, 0.6) is 0 Å². The first kappa shape index (κ1) is 76.5. The highest BCUT2D eigenvalue weighted by Gasteiger charge is 2.27. The van der Waals surface area contributed by atoms with Gasteiger partial charge in [0.25, 0.3) is 7.82 Å². The first-order chi connectivity index (χ1) is 37.9. The van der Waals surface area contributed by atoms with Gasteiger partial charge in [-0.25, -0.2) is 0 Å². The number of carbonyl (C=O) groups is 2. The highest BCUT2D eigenvalue weighted by atomic mass is 31.2. The number of amides is 1. The Morgan fingerprint density at radius 1 is 0.436 bits per heavy atom. The maximum atomic E-state index is 13.5. The van der Waals surface area contributed by atoms with Crippen LogP contribution < -0.4 is 10.2 Å². The smallest absolute Gasteiger partial charge is 0.306 e. The largest absolute Gasteiger partial charge is 0.756 e. The van der Waals surface area contributed by atoms with E-state index < -0.39 is 20.0 Å². The number of likely N-dealkylation sites (N-methyl/N-ethyl adjacent to an activating group) is 1. The zero-order valence-electron chi connectivity index (χ0n) is 52.9. The molecule has 0 spiro atoms. The highest BCUT2D eigenvalue weighted by molar-refractivity contribution is 7.45. The lowest BCUT2D eigenvalue weighted by Crippen LogP contribution is -2.47. The van der Waals surface area contributed by atoms with E-state index in [2.05, 4.69) is 38.2 Å². The van der Waals surface area contributed by atoms with Crippen LogP contribution in [0, 0.1) is 0 Å². The number of phosphoric ester groups is 1. The van der Waals surface area contributed by atoms with Gasteiger partial charge in [0, 0.05) is 12.8 Å². The molecular weight excluding hydrogens is 988 g/mol. The van der Waals surface area contributed by atoms with Crippen molar-refractivity contribution >= 4 is 19.7 Å². The fourth-order valence-corrected chi connectivity index (χ4v) is 11.1. The van der Waals surface area contributed by atoms with E-state index in [0.717, 1.165) is 70.6 Å². The maximum Gasteiger partial charge on any atom is 0.306 e. The number of carbonyl (C=O) groups excluding carboxylic acids is 2. The Kier molecular flexibility index (Phi) is 57.5. The Balaban J connectivity index is 4.93. The van der Waals surface area contributed by atoms with E-state index in [1.165, 1.54) is 244 Å². The molecule has 0 rings (SSSR count). The second kappa shape index (κ2) is 58.7. The van der Waals surface area contributed by atoms with Crippen molar-refractivity contribution in [2.45, 2.75) is 360 Å². The van der Waals surface area contributed by atoms with Gasteiger partial charge < -0.3 is 28.5 Å². The van der Waals surface area contributed by atoms with Crippen molar-refractivity contribution in [3.8, 4) is 0 Å². The topological polar surface area (TPSA) is 114 Å². The molecule has 0 aliphatic heterocycles. The third-order valence-electron chi connectivity index (χ3n) is 15.6. The number of phosphoric acid groups is 1. The summed E-state index contributed by atoms with van der Waals surface area (Å²) in [5.74, 6) is -0.542. The van der Waals surface area contributed by atoms with Crippen LogP contribution >= 0.6 is 7.82 Å². The van der Waals surface area contributed by atoms with Gasteiger partial charge in [0.1, 0.15) is 19.3 Å². The molecule has 0 aliphatic carbocycles. The first-order valence-electron chi connectivity index (χ1n) is 34.1. The SMILES string of the molecule is CCCCCCCCC/C=C\CCCCCC(=O)NC(COP(=O)([O-])OCC[N+](C)(C)C)C(/C=C\CCCCCCCCCCC)OC(=O)CCCCCCCCCCCCCCCCCCCCCCCCCCCCC. The molecule has 0 saturated heterocycles. The van der Waals surface area contributed by atoms with Crippen LogP contribution in [-0.4, -0.2) is 69.4 Å². The second-order valence-corrected chi connectivity index (χ2v) is 26.1. The summed E-state index contributed by atoms with van der Waals surface area (Å²) in [4.78, 5) is 40.0. The van der Waals surface area contributed by atoms with Gasteiger partial charge in [-0.3, -0.25) is 14.2 Å². The Hall–Kier alpha value is -1.51. The Bertz CT molecular complexity index is 1380. The summed E-state index contributed by atoms with van der Waals surface area (Å²) in [5, 5.41) is 3.02. The number of nitrogens with zero attached hydrogens (tertiary/aromatic N) is 1. The Morgan fingerprint density at radius 2 is 0.744 bits per heavy atom. The zero-order chi connectivity index (χ0) is 57.2. The van der Waals surface area contributed by atoms with Crippen LogP contribution in [0.15, 0.2) is 24.3 Å². The number of ether oxygens (including phenoxy) is 1. The number of esters is 1. The lowest BCUT2D eigenvalue weighted by molar-refractivity contribution is -0.870. The van der Waals surface area contributed by atoms with Gasteiger partial charge >= 0.3 is 5.97 Å².